The van der Waals surface area contributed by atoms with E-state index in [9.17, 15) is 19.2 Å². The number of allylic oxidation sites excluding steroid dienone is 4. The number of ketones is 4. The van der Waals surface area contributed by atoms with Crippen LogP contribution in [0.1, 0.15) is 128 Å². The summed E-state index contributed by atoms with van der Waals surface area (Å²) in [5, 5.41) is 3.79. The number of benzene rings is 3. The molecule has 0 unspecified atom stereocenters. The Morgan fingerprint density at radius 1 is 0.426 bits per heavy atom. The van der Waals surface area contributed by atoms with E-state index >= 15 is 0 Å². The van der Waals surface area contributed by atoms with Gasteiger partial charge in [0.1, 0.15) is 11.6 Å². The summed E-state index contributed by atoms with van der Waals surface area (Å²) in [5.74, 6) is 0.626. The maximum Gasteiger partial charge on any atom is 0.490 e. The Hall–Kier alpha value is -2.36. The second-order valence-corrected chi connectivity index (χ2v) is 36.5. The molecule has 3 aliphatic heterocycles. The first-order valence-electron chi connectivity index (χ1n) is 23.2. The largest absolute Gasteiger partial charge is 0.490 e. The Balaban J connectivity index is 0.000000168. The summed E-state index contributed by atoms with van der Waals surface area (Å²) in [5.41, 5.74) is -1.09. The van der Waals surface area contributed by atoms with E-state index in [4.69, 9.17) is 27.9 Å². The van der Waals surface area contributed by atoms with E-state index in [0.29, 0.717) is 25.7 Å². The first-order valence-corrected chi connectivity index (χ1v) is 30.3. The van der Waals surface area contributed by atoms with Gasteiger partial charge in [0.2, 0.25) is 0 Å². The quantitative estimate of drug-likeness (QED) is 0.139. The molecule has 0 spiro atoms. The fourth-order valence-corrected chi connectivity index (χ4v) is 15.2. The average molecular weight is 1140 g/mol. The van der Waals surface area contributed by atoms with E-state index in [-0.39, 0.29) is 70.3 Å². The summed E-state index contributed by atoms with van der Waals surface area (Å²) in [6.45, 7) is 24.3. The molecule has 68 heavy (non-hydrogen) atoms. The summed E-state index contributed by atoms with van der Waals surface area (Å²) in [6.07, 6.45) is 7.44. The molecule has 3 aromatic rings. The fraction of sp³-hybridized carbons (Fsp3) is 0.490. The molecule has 3 aromatic carbocycles. The first kappa shape index (κ1) is 56.6. The molecular weight excluding hydrogens is 1080 g/mol. The van der Waals surface area contributed by atoms with Crippen LogP contribution in [0.3, 0.4) is 0 Å². The minimum atomic E-state index is -2.75. The maximum atomic E-state index is 11.1. The topological polar surface area (TPSA) is 124 Å². The van der Waals surface area contributed by atoms with E-state index in [1.165, 1.54) is 15.9 Å². The zero-order chi connectivity index (χ0) is 50.6. The molecule has 1 saturated carbocycles. The van der Waals surface area contributed by atoms with Gasteiger partial charge in [-0.2, -0.15) is 0 Å². The van der Waals surface area contributed by atoms with Gasteiger partial charge in [0.05, 0.1) is 40.0 Å². The number of hydrogen-bond donors (Lipinski definition) is 0. The molecule has 0 amide bonds. The molecule has 3 heterocycles. The van der Waals surface area contributed by atoms with Gasteiger partial charge < -0.3 is 27.9 Å². The predicted molar refractivity (Wildman–Crippen MR) is 289 cm³/mol. The van der Waals surface area contributed by atoms with Crippen molar-refractivity contribution in [1.82, 2.24) is 0 Å². The molecule has 0 atom stereocenters. The Morgan fingerprint density at radius 2 is 0.735 bits per heavy atom. The van der Waals surface area contributed by atoms with Crippen molar-refractivity contribution in [2.24, 2.45) is 0 Å². The van der Waals surface area contributed by atoms with E-state index in [0.717, 1.165) is 22.8 Å². The zero-order valence-electron chi connectivity index (χ0n) is 41.7. The van der Waals surface area contributed by atoms with Crippen LogP contribution in [0.4, 0.5) is 0 Å². The number of Topliss-reactive ketones (excluding diaryl/α,β-unsaturated/α-hetero) is 2. The third-order valence-electron chi connectivity index (χ3n) is 14.0. The minimum Gasteiger partial charge on any atom is -0.405 e. The van der Waals surface area contributed by atoms with Crippen LogP contribution in [0.5, 0.6) is 0 Å². The third kappa shape index (κ3) is 13.2. The molecule has 0 N–H and O–H groups in total. The number of carbonyl (C=O) groups excluding carboxylic acids is 4. The van der Waals surface area contributed by atoms with Crippen LogP contribution in [-0.2, 0) is 47.1 Å². The number of rotatable bonds is 5. The fourth-order valence-electron chi connectivity index (χ4n) is 7.55. The Labute approximate surface area is 430 Å². The van der Waals surface area contributed by atoms with Gasteiger partial charge in [-0.25, -0.2) is 0 Å². The molecule has 0 aromatic heterocycles. The predicted octanol–water partition coefficient (Wildman–Crippen LogP) is 11.2. The van der Waals surface area contributed by atoms with E-state index < -0.39 is 18.0 Å². The van der Waals surface area contributed by atoms with E-state index in [2.05, 4.69) is 138 Å². The Kier molecular flexibility index (Phi) is 18.1. The van der Waals surface area contributed by atoms with E-state index in [1.807, 2.05) is 83.1 Å². The van der Waals surface area contributed by atoms with Gasteiger partial charge in [-0.1, -0.05) is 15.9 Å². The van der Waals surface area contributed by atoms with Crippen LogP contribution in [0.2, 0.25) is 0 Å². The normalized spacial score (nSPS) is 23.1. The number of hydrogen-bond acceptors (Lipinski definition) is 10. The average Bonchev–Trinajstić information content (AvgIpc) is 4.10. The monoisotopic (exact) mass is 1140 g/mol. The second kappa shape index (κ2) is 21.8. The van der Waals surface area contributed by atoms with Crippen LogP contribution < -0.4 is 15.9 Å². The van der Waals surface area contributed by atoms with Crippen LogP contribution >= 0.6 is 50.9 Å². The van der Waals surface area contributed by atoms with Crippen LogP contribution in [0.15, 0.2) is 113 Å². The summed E-state index contributed by atoms with van der Waals surface area (Å²) in [6, 6.07) is 31.8. The molecule has 0 bridgehead atoms. The van der Waals surface area contributed by atoms with Crippen LogP contribution in [0.25, 0.3) is 0 Å². The first-order chi connectivity index (χ1) is 31.4. The van der Waals surface area contributed by atoms with Crippen molar-refractivity contribution in [3.8, 4) is 0 Å². The van der Waals surface area contributed by atoms with Gasteiger partial charge in [-0.05, 0) is 118 Å². The molecule has 3 aliphatic carbocycles. The summed E-state index contributed by atoms with van der Waals surface area (Å²) in [4.78, 5) is 42.0. The van der Waals surface area contributed by atoms with E-state index in [1.54, 1.807) is 12.2 Å². The SMILES string of the molecule is BrP(Br)(c1ccccc1)(c1ccccc1)c1ccccc1.CC1(C)OB(B2OC(C)(C)C(C)(C)O2)OC1(C)C.CC1(C)OB(C2=CC(=O)CC2)OC1(C)C.O=C1C=C(Br)CC1.O=C1CCC(=O)C1. The third-order valence-corrected chi connectivity index (χ3v) is 25.6. The van der Waals surface area contributed by atoms with Crippen LogP contribution in [0, 0.1) is 0 Å². The van der Waals surface area contributed by atoms with Crippen LogP contribution in [-0.4, -0.2) is 77.9 Å². The Morgan fingerprint density at radius 3 is 0.971 bits per heavy atom. The van der Waals surface area contributed by atoms with Crippen molar-refractivity contribution in [2.45, 2.75) is 162 Å². The molecule has 4 fully saturated rings. The molecule has 6 aliphatic rings. The molecular formula is C51H67B3Br3O10P. The molecule has 366 valence electrons. The summed E-state index contributed by atoms with van der Waals surface area (Å²) in [7, 11) is -1.28. The van der Waals surface area contributed by atoms with Gasteiger partial charge in [0.15, 0.2) is 11.6 Å². The summed E-state index contributed by atoms with van der Waals surface area (Å²) < 4.78 is 33.8. The maximum absolute atomic E-state index is 11.1. The van der Waals surface area contributed by atoms with Crippen molar-refractivity contribution in [3.63, 3.8) is 0 Å². The van der Waals surface area contributed by atoms with Crippen molar-refractivity contribution >= 4 is 111 Å². The zero-order valence-corrected chi connectivity index (χ0v) is 47.3. The van der Waals surface area contributed by atoms with Crippen molar-refractivity contribution < 1.29 is 47.1 Å². The molecule has 9 rings (SSSR count). The molecule has 17 heteroatoms. The Bertz CT molecular complexity index is 2160. The van der Waals surface area contributed by atoms with Gasteiger partial charge in [-0.3, -0.25) is 19.2 Å². The van der Waals surface area contributed by atoms with Crippen molar-refractivity contribution in [1.29, 1.82) is 0 Å². The molecule has 10 nitrogen and oxygen atoms in total. The standard InChI is InChI=1S/C18H15Br2P.C12H24B2O4.C11H17BO3.C5H5BrO.C5H6O2/c19-21(20,16-10-4-1-5-11-16,17-12-6-2-7-13-17)18-14-8-3-9-15-18;1-9(2)10(3,4)16-13(15-9)14-17-11(5,6)12(7,8)18-14;1-10(2)11(3,4)15-12(14-10)8-5-6-9(13)7-8;2*6-4-1-2-5(7)3-4/h1-15H;1-8H3;7H,5-6H2,1-4H3;3H,1-2H2;1-3H2. The minimum absolute atomic E-state index is 0.102. The van der Waals surface area contributed by atoms with Gasteiger partial charge in [0.25, 0.3) is 0 Å². The van der Waals surface area contributed by atoms with Gasteiger partial charge in [0, 0.05) is 25.7 Å². The molecule has 0 radical (unpaired) electrons. The molecule has 3 saturated heterocycles. The number of halogens is 3. The second-order valence-electron chi connectivity index (χ2n) is 20.7. The smallest absolute Gasteiger partial charge is 0.405 e. The van der Waals surface area contributed by atoms with Gasteiger partial charge >= 0.3 is 163 Å². The van der Waals surface area contributed by atoms with Crippen molar-refractivity contribution in [3.05, 3.63) is 113 Å². The van der Waals surface area contributed by atoms with Crippen molar-refractivity contribution in [2.75, 3.05) is 0 Å². The number of carbonyl (C=O) groups is 4. The van der Waals surface area contributed by atoms with Gasteiger partial charge in [-0.15, -0.1) is 0 Å². The summed E-state index contributed by atoms with van der Waals surface area (Å²) >= 11 is 11.5.